The molecule has 7 heteroatoms. The van der Waals surface area contributed by atoms with E-state index >= 15 is 0 Å². The smallest absolute Gasteiger partial charge is 0.336 e. The van der Waals surface area contributed by atoms with E-state index in [2.05, 4.69) is 48.1 Å². The first-order valence-electron chi connectivity index (χ1n) is 11.5. The van der Waals surface area contributed by atoms with Crippen molar-refractivity contribution in [3.63, 3.8) is 0 Å². The highest BCUT2D eigenvalue weighted by atomic mass is 79.9. The molecule has 4 rings (SSSR count). The van der Waals surface area contributed by atoms with Crippen molar-refractivity contribution in [2.75, 3.05) is 6.61 Å². The van der Waals surface area contributed by atoms with Crippen LogP contribution >= 0.6 is 27.3 Å². The zero-order chi connectivity index (χ0) is 24.6. The summed E-state index contributed by atoms with van der Waals surface area (Å²) in [6.45, 7) is 10.7. The lowest BCUT2D eigenvalue weighted by molar-refractivity contribution is -0.138. The van der Waals surface area contributed by atoms with Gasteiger partial charge in [0, 0.05) is 43.2 Å². The molecule has 5 nitrogen and oxygen atoms in total. The van der Waals surface area contributed by atoms with E-state index in [1.165, 1.54) is 0 Å². The number of halogens is 1. The number of esters is 1. The monoisotopic (exact) mass is 543 g/mol. The minimum atomic E-state index is -0.427. The van der Waals surface area contributed by atoms with Gasteiger partial charge in [0.15, 0.2) is 5.78 Å². The fourth-order valence-corrected chi connectivity index (χ4v) is 6.14. The van der Waals surface area contributed by atoms with Crippen molar-refractivity contribution in [1.82, 2.24) is 5.32 Å². The predicted octanol–water partition coefficient (Wildman–Crippen LogP) is 6.57. The van der Waals surface area contributed by atoms with Gasteiger partial charge in [0.05, 0.1) is 18.1 Å². The van der Waals surface area contributed by atoms with Crippen LogP contribution in [0.2, 0.25) is 0 Å². The fraction of sp³-hybridized carbons (Fsp3) is 0.407. The van der Waals surface area contributed by atoms with Gasteiger partial charge in [0.2, 0.25) is 0 Å². The van der Waals surface area contributed by atoms with E-state index in [1.807, 2.05) is 31.2 Å². The number of dihydropyridines is 1. The summed E-state index contributed by atoms with van der Waals surface area (Å²) in [5.74, 6) is 0.0797. The van der Waals surface area contributed by atoms with Crippen LogP contribution in [0.1, 0.15) is 61.8 Å². The topological polar surface area (TPSA) is 64.6 Å². The molecule has 1 aliphatic heterocycles. The molecular formula is C27H30BrNO4S. The molecular weight excluding hydrogens is 514 g/mol. The zero-order valence-electron chi connectivity index (χ0n) is 20.2. The lowest BCUT2D eigenvalue weighted by atomic mass is 9.70. The van der Waals surface area contributed by atoms with E-state index in [4.69, 9.17) is 9.47 Å². The van der Waals surface area contributed by atoms with Crippen molar-refractivity contribution in [2.24, 2.45) is 5.41 Å². The molecule has 1 N–H and O–H groups in total. The van der Waals surface area contributed by atoms with Gasteiger partial charge in [-0.15, -0.1) is 11.3 Å². The molecule has 0 fully saturated rings. The number of Topliss-reactive ketones (excluding diaryl/α,β-unsaturated/α-hetero) is 1. The molecule has 0 saturated carbocycles. The Morgan fingerprint density at radius 1 is 1.21 bits per heavy atom. The molecule has 1 unspecified atom stereocenters. The first-order valence-corrected chi connectivity index (χ1v) is 13.1. The highest BCUT2D eigenvalue weighted by Gasteiger charge is 2.43. The highest BCUT2D eigenvalue weighted by molar-refractivity contribution is 9.10. The van der Waals surface area contributed by atoms with Crippen LogP contribution in [-0.2, 0) is 20.9 Å². The van der Waals surface area contributed by atoms with Gasteiger partial charge in [0.1, 0.15) is 12.4 Å². The van der Waals surface area contributed by atoms with Crippen LogP contribution in [0.25, 0.3) is 0 Å². The normalized spacial score (nSPS) is 19.6. The van der Waals surface area contributed by atoms with E-state index in [-0.39, 0.29) is 23.8 Å². The van der Waals surface area contributed by atoms with E-state index in [0.29, 0.717) is 24.2 Å². The summed E-state index contributed by atoms with van der Waals surface area (Å²) in [5.41, 5.74) is 3.84. The predicted molar refractivity (Wildman–Crippen MR) is 138 cm³/mol. The Morgan fingerprint density at radius 3 is 2.59 bits per heavy atom. The van der Waals surface area contributed by atoms with Gasteiger partial charge in [-0.05, 0) is 62.9 Å². The maximum Gasteiger partial charge on any atom is 0.336 e. The Bertz CT molecular complexity index is 1190. The Morgan fingerprint density at radius 2 is 1.91 bits per heavy atom. The molecule has 1 atom stereocenters. The molecule has 0 amide bonds. The van der Waals surface area contributed by atoms with Gasteiger partial charge < -0.3 is 14.8 Å². The van der Waals surface area contributed by atoms with Crippen LogP contribution in [0, 0.1) is 12.3 Å². The first-order chi connectivity index (χ1) is 16.1. The Balaban J connectivity index is 1.72. The third kappa shape index (κ3) is 5.01. The SMILES string of the molecule is CCOC(=O)C1=C(C)NC2=C(C(=O)CC(C)(C)C2)C1c1cc(COc2ccc(Br)cc2)c(C)s1. The molecule has 0 radical (unpaired) electrons. The second kappa shape index (κ2) is 9.70. The number of aryl methyl sites for hydroxylation is 1. The Kier molecular flexibility index (Phi) is 7.06. The van der Waals surface area contributed by atoms with Crippen molar-refractivity contribution < 1.29 is 19.1 Å². The van der Waals surface area contributed by atoms with E-state index in [1.54, 1.807) is 18.3 Å². The van der Waals surface area contributed by atoms with Crippen molar-refractivity contribution in [2.45, 2.75) is 60.0 Å². The van der Waals surface area contributed by atoms with Gasteiger partial charge in [-0.1, -0.05) is 29.8 Å². The summed E-state index contributed by atoms with van der Waals surface area (Å²) >= 11 is 5.05. The summed E-state index contributed by atoms with van der Waals surface area (Å²) in [5, 5.41) is 3.38. The molecule has 2 aliphatic rings. The number of carbonyl (C=O) groups is 2. The number of rotatable bonds is 6. The third-order valence-electron chi connectivity index (χ3n) is 6.27. The quantitative estimate of drug-likeness (QED) is 0.417. The molecule has 1 aromatic carbocycles. The number of allylic oxidation sites excluding steroid dienone is 3. The second-order valence-electron chi connectivity index (χ2n) is 9.62. The number of thiophene rings is 1. The summed E-state index contributed by atoms with van der Waals surface area (Å²) in [7, 11) is 0. The van der Waals surface area contributed by atoms with Crippen LogP contribution in [0.3, 0.4) is 0 Å². The van der Waals surface area contributed by atoms with E-state index < -0.39 is 5.92 Å². The number of hydrogen-bond donors (Lipinski definition) is 1. The molecule has 34 heavy (non-hydrogen) atoms. The fourth-order valence-electron chi connectivity index (χ4n) is 4.72. The standard InChI is InChI=1S/C27H30BrNO4S/c1-6-32-26(31)23-15(2)29-20-12-27(4,5)13-21(30)24(20)25(23)22-11-17(16(3)34-22)14-33-19-9-7-18(28)8-10-19/h7-11,25,29H,6,12-14H2,1-5H3. The summed E-state index contributed by atoms with van der Waals surface area (Å²) in [6, 6.07) is 9.81. The molecule has 0 bridgehead atoms. The highest BCUT2D eigenvalue weighted by Crippen LogP contribution is 2.48. The maximum atomic E-state index is 13.4. The van der Waals surface area contributed by atoms with Gasteiger partial charge in [-0.3, -0.25) is 4.79 Å². The molecule has 0 saturated heterocycles. The Labute approximate surface area is 213 Å². The minimum Gasteiger partial charge on any atom is -0.489 e. The molecule has 180 valence electrons. The van der Waals surface area contributed by atoms with Gasteiger partial charge in [-0.25, -0.2) is 4.79 Å². The maximum absolute atomic E-state index is 13.4. The molecule has 0 spiro atoms. The Hall–Kier alpha value is -2.38. The minimum absolute atomic E-state index is 0.0942. The lowest BCUT2D eigenvalue weighted by Gasteiger charge is -2.39. The number of ether oxygens (including phenoxy) is 2. The van der Waals surface area contributed by atoms with Crippen molar-refractivity contribution in [1.29, 1.82) is 0 Å². The summed E-state index contributed by atoms with van der Waals surface area (Å²) in [4.78, 5) is 28.5. The summed E-state index contributed by atoms with van der Waals surface area (Å²) in [6.07, 6.45) is 1.23. The number of benzene rings is 1. The van der Waals surface area contributed by atoms with Crippen LogP contribution in [0.15, 0.2) is 57.3 Å². The second-order valence-corrected chi connectivity index (χ2v) is 11.8. The van der Waals surface area contributed by atoms with E-state index in [9.17, 15) is 9.59 Å². The third-order valence-corrected chi connectivity index (χ3v) is 7.95. The summed E-state index contributed by atoms with van der Waals surface area (Å²) < 4.78 is 12.4. The van der Waals surface area contributed by atoms with Crippen molar-refractivity contribution in [3.8, 4) is 5.75 Å². The molecule has 2 heterocycles. The first kappa shape index (κ1) is 24.7. The van der Waals surface area contributed by atoms with Gasteiger partial charge in [0.25, 0.3) is 0 Å². The van der Waals surface area contributed by atoms with Crippen LogP contribution < -0.4 is 10.1 Å². The average Bonchev–Trinajstić information content (AvgIpc) is 3.11. The van der Waals surface area contributed by atoms with Gasteiger partial charge >= 0.3 is 5.97 Å². The number of hydrogen-bond acceptors (Lipinski definition) is 6. The largest absolute Gasteiger partial charge is 0.489 e. The van der Waals surface area contributed by atoms with Crippen LogP contribution in [-0.4, -0.2) is 18.4 Å². The van der Waals surface area contributed by atoms with Crippen LogP contribution in [0.4, 0.5) is 0 Å². The van der Waals surface area contributed by atoms with Crippen molar-refractivity contribution in [3.05, 3.63) is 72.7 Å². The van der Waals surface area contributed by atoms with Gasteiger partial charge in [-0.2, -0.15) is 0 Å². The molecule has 2 aromatic rings. The molecule has 1 aliphatic carbocycles. The zero-order valence-corrected chi connectivity index (χ0v) is 22.6. The lowest BCUT2D eigenvalue weighted by Crippen LogP contribution is -2.38. The number of ketones is 1. The van der Waals surface area contributed by atoms with Crippen molar-refractivity contribution >= 4 is 39.0 Å². The van der Waals surface area contributed by atoms with E-state index in [0.717, 1.165) is 43.4 Å². The number of carbonyl (C=O) groups excluding carboxylic acids is 2. The van der Waals surface area contributed by atoms with Crippen LogP contribution in [0.5, 0.6) is 5.75 Å². The number of nitrogens with one attached hydrogen (secondary N) is 1. The molecule has 1 aromatic heterocycles. The average molecular weight is 545 g/mol.